The minimum atomic E-state index is -4.29. The molecule has 0 radical (unpaired) electrons. The second kappa shape index (κ2) is 12.9. The van der Waals surface area contributed by atoms with E-state index < -0.39 is 40.2 Å². The topological polar surface area (TPSA) is 96.0 Å². The maximum Gasteiger partial charge on any atom is 0.264 e. The van der Waals surface area contributed by atoms with E-state index in [1.807, 2.05) is 0 Å². The van der Waals surface area contributed by atoms with Gasteiger partial charge in [-0.25, -0.2) is 12.8 Å². The Bertz CT molecular complexity index is 1400. The summed E-state index contributed by atoms with van der Waals surface area (Å²) in [6.45, 7) is 4.46. The van der Waals surface area contributed by atoms with Gasteiger partial charge in [-0.15, -0.1) is 0 Å². The fourth-order valence-electron chi connectivity index (χ4n) is 3.81. The van der Waals surface area contributed by atoms with Crippen LogP contribution in [0.25, 0.3) is 0 Å². The molecule has 0 aliphatic heterocycles. The number of halogens is 2. The molecule has 2 amide bonds. The lowest BCUT2D eigenvalue weighted by Gasteiger charge is -2.32. The second-order valence-corrected chi connectivity index (χ2v) is 11.4. The molecule has 0 spiro atoms. The molecule has 3 rings (SSSR count). The normalized spacial score (nSPS) is 12.1. The first-order valence-electron chi connectivity index (χ1n) is 12.2. The Kier molecular flexibility index (Phi) is 9.93. The number of hydrogen-bond donors (Lipinski definition) is 1. The van der Waals surface area contributed by atoms with Gasteiger partial charge in [-0.2, -0.15) is 0 Å². The highest BCUT2D eigenvalue weighted by Gasteiger charge is 2.33. The summed E-state index contributed by atoms with van der Waals surface area (Å²) in [4.78, 5) is 27.9. The maximum absolute atomic E-state index is 13.8. The van der Waals surface area contributed by atoms with Crippen LogP contribution in [0.4, 0.5) is 10.1 Å². The van der Waals surface area contributed by atoms with Crippen molar-refractivity contribution < 1.29 is 27.1 Å². The molecular formula is C28H31ClFN3O5S. The standard InChI is InChI=1S/C28H31ClFN3O5S/c1-19(2)31-28(35)20(3)32(17-21-7-5-6-8-26(21)29)27(34)18-33(23-11-9-22(30)10-12-23)39(36,37)25-15-13-24(38-4)14-16-25/h5-16,19-20H,17-18H2,1-4H3,(H,31,35)/t20-/m0/s1. The van der Waals surface area contributed by atoms with Crippen LogP contribution in [0.15, 0.2) is 77.7 Å². The monoisotopic (exact) mass is 575 g/mol. The Morgan fingerprint density at radius 1 is 0.974 bits per heavy atom. The van der Waals surface area contributed by atoms with Crippen molar-refractivity contribution in [2.24, 2.45) is 0 Å². The summed E-state index contributed by atoms with van der Waals surface area (Å²) in [5.74, 6) is -1.17. The fourth-order valence-corrected chi connectivity index (χ4v) is 5.42. The molecule has 0 saturated heterocycles. The number of methoxy groups -OCH3 is 1. The van der Waals surface area contributed by atoms with Crippen molar-refractivity contribution in [2.75, 3.05) is 18.0 Å². The molecule has 3 aromatic rings. The average Bonchev–Trinajstić information content (AvgIpc) is 2.91. The number of amides is 2. The van der Waals surface area contributed by atoms with Crippen LogP contribution in [-0.2, 0) is 26.2 Å². The predicted molar refractivity (Wildman–Crippen MR) is 149 cm³/mol. The minimum Gasteiger partial charge on any atom is -0.497 e. The third-order valence-corrected chi connectivity index (χ3v) is 8.09. The molecule has 0 saturated carbocycles. The maximum atomic E-state index is 13.8. The molecular weight excluding hydrogens is 545 g/mol. The van der Waals surface area contributed by atoms with Crippen LogP contribution in [0.3, 0.4) is 0 Å². The molecule has 0 fully saturated rings. The Balaban J connectivity index is 2.04. The summed E-state index contributed by atoms with van der Waals surface area (Å²) in [5, 5.41) is 3.18. The molecule has 0 aliphatic rings. The van der Waals surface area contributed by atoms with Gasteiger partial charge in [0.1, 0.15) is 24.2 Å². The summed E-state index contributed by atoms with van der Waals surface area (Å²) in [6, 6.07) is 16.2. The Morgan fingerprint density at radius 2 is 1.59 bits per heavy atom. The van der Waals surface area contributed by atoms with E-state index in [9.17, 15) is 22.4 Å². The van der Waals surface area contributed by atoms with E-state index in [1.165, 1.54) is 48.4 Å². The van der Waals surface area contributed by atoms with E-state index in [2.05, 4.69) is 5.32 Å². The van der Waals surface area contributed by atoms with Crippen molar-refractivity contribution in [3.63, 3.8) is 0 Å². The van der Waals surface area contributed by atoms with Gasteiger partial charge in [0.15, 0.2) is 0 Å². The first-order chi connectivity index (χ1) is 18.4. The van der Waals surface area contributed by atoms with Crippen molar-refractivity contribution in [1.29, 1.82) is 0 Å². The zero-order valence-corrected chi connectivity index (χ0v) is 23.7. The van der Waals surface area contributed by atoms with E-state index in [0.717, 1.165) is 16.4 Å². The van der Waals surface area contributed by atoms with Gasteiger partial charge in [0, 0.05) is 17.6 Å². The molecule has 0 unspecified atom stereocenters. The van der Waals surface area contributed by atoms with Gasteiger partial charge >= 0.3 is 0 Å². The molecule has 208 valence electrons. The van der Waals surface area contributed by atoms with Gasteiger partial charge in [-0.1, -0.05) is 29.8 Å². The lowest BCUT2D eigenvalue weighted by atomic mass is 10.1. The number of benzene rings is 3. The highest BCUT2D eigenvalue weighted by molar-refractivity contribution is 7.92. The Labute approximate surface area is 233 Å². The third-order valence-electron chi connectivity index (χ3n) is 5.94. The van der Waals surface area contributed by atoms with Crippen LogP contribution in [0, 0.1) is 5.82 Å². The number of ether oxygens (including phenoxy) is 1. The van der Waals surface area contributed by atoms with Gasteiger partial charge in [-0.05, 0) is 80.9 Å². The number of rotatable bonds is 11. The molecule has 39 heavy (non-hydrogen) atoms. The highest BCUT2D eigenvalue weighted by atomic mass is 35.5. The third kappa shape index (κ3) is 7.48. The quantitative estimate of drug-likeness (QED) is 0.360. The first-order valence-corrected chi connectivity index (χ1v) is 14.0. The van der Waals surface area contributed by atoms with E-state index in [-0.39, 0.29) is 23.2 Å². The smallest absolute Gasteiger partial charge is 0.264 e. The van der Waals surface area contributed by atoms with Crippen LogP contribution in [0.5, 0.6) is 5.75 Å². The number of sulfonamides is 1. The fraction of sp³-hybridized carbons (Fsp3) is 0.286. The van der Waals surface area contributed by atoms with Crippen molar-refractivity contribution in [3.05, 3.63) is 89.2 Å². The lowest BCUT2D eigenvalue weighted by Crippen LogP contribution is -2.52. The van der Waals surface area contributed by atoms with Gasteiger partial charge in [0.2, 0.25) is 11.8 Å². The predicted octanol–water partition coefficient (Wildman–Crippen LogP) is 4.62. The van der Waals surface area contributed by atoms with Gasteiger partial charge in [0.05, 0.1) is 17.7 Å². The van der Waals surface area contributed by atoms with Gasteiger partial charge < -0.3 is 15.0 Å². The summed E-state index contributed by atoms with van der Waals surface area (Å²) in [6.07, 6.45) is 0. The first kappa shape index (κ1) is 29.9. The van der Waals surface area contributed by atoms with Gasteiger partial charge in [0.25, 0.3) is 10.0 Å². The summed E-state index contributed by atoms with van der Waals surface area (Å²) in [5.41, 5.74) is 0.667. The molecule has 0 heterocycles. The molecule has 1 N–H and O–H groups in total. The number of hydrogen-bond acceptors (Lipinski definition) is 5. The van der Waals surface area contributed by atoms with Crippen LogP contribution in [0.1, 0.15) is 26.3 Å². The Morgan fingerprint density at radius 3 is 2.15 bits per heavy atom. The van der Waals surface area contributed by atoms with Crippen molar-refractivity contribution in [1.82, 2.24) is 10.2 Å². The number of anilines is 1. The summed E-state index contributed by atoms with van der Waals surface area (Å²) in [7, 11) is -2.83. The van der Waals surface area contributed by atoms with Crippen molar-refractivity contribution in [2.45, 2.75) is 44.3 Å². The van der Waals surface area contributed by atoms with E-state index >= 15 is 0 Å². The Hall–Kier alpha value is -3.63. The van der Waals surface area contributed by atoms with Crippen LogP contribution >= 0.6 is 11.6 Å². The number of carbonyl (C=O) groups excluding carboxylic acids is 2. The van der Waals surface area contributed by atoms with E-state index in [4.69, 9.17) is 16.3 Å². The average molecular weight is 576 g/mol. The number of nitrogens with zero attached hydrogens (tertiary/aromatic N) is 2. The zero-order chi connectivity index (χ0) is 28.7. The van der Waals surface area contributed by atoms with E-state index in [1.54, 1.807) is 45.0 Å². The zero-order valence-electron chi connectivity index (χ0n) is 22.1. The molecule has 0 bridgehead atoms. The van der Waals surface area contributed by atoms with Crippen LogP contribution < -0.4 is 14.4 Å². The molecule has 8 nitrogen and oxygen atoms in total. The molecule has 3 aromatic carbocycles. The molecule has 1 atom stereocenters. The van der Waals surface area contributed by atoms with Crippen LogP contribution in [0.2, 0.25) is 5.02 Å². The number of nitrogens with one attached hydrogen (secondary N) is 1. The second-order valence-electron chi connectivity index (χ2n) is 9.12. The van der Waals surface area contributed by atoms with Crippen molar-refractivity contribution in [3.8, 4) is 5.75 Å². The molecule has 0 aromatic heterocycles. The highest BCUT2D eigenvalue weighted by Crippen LogP contribution is 2.26. The van der Waals surface area contributed by atoms with E-state index in [0.29, 0.717) is 16.3 Å². The summed E-state index contributed by atoms with van der Waals surface area (Å²) < 4.78 is 47.2. The summed E-state index contributed by atoms with van der Waals surface area (Å²) >= 11 is 6.34. The van der Waals surface area contributed by atoms with Gasteiger partial charge in [-0.3, -0.25) is 13.9 Å². The number of carbonyl (C=O) groups is 2. The lowest BCUT2D eigenvalue weighted by molar-refractivity contribution is -0.139. The van der Waals surface area contributed by atoms with Crippen molar-refractivity contribution >= 4 is 39.1 Å². The molecule has 0 aliphatic carbocycles. The van der Waals surface area contributed by atoms with Crippen LogP contribution in [-0.4, -0.2) is 50.9 Å². The minimum absolute atomic E-state index is 0.0367. The SMILES string of the molecule is COc1ccc(S(=O)(=O)N(CC(=O)N(Cc2ccccc2Cl)[C@@H](C)C(=O)NC(C)C)c2ccc(F)cc2)cc1. The molecule has 11 heteroatoms. The largest absolute Gasteiger partial charge is 0.497 e.